The van der Waals surface area contributed by atoms with Gasteiger partial charge in [-0.2, -0.15) is 0 Å². The standard InChI is InChI=1S/C27H26Cl2N4OS/c1-27(2,3)20-10-8-18(9-11-20)25-31-32-26(33(25)22-14-12-21(28)13-15-22)35-17-24(34)30-16-19-6-4-5-7-23(19)29/h4-15H,16-17H2,1-3H3,(H,30,34). The van der Waals surface area contributed by atoms with Crippen LogP contribution < -0.4 is 5.32 Å². The lowest BCUT2D eigenvalue weighted by Gasteiger charge is -2.19. The number of aromatic nitrogens is 3. The second kappa shape index (κ2) is 10.9. The van der Waals surface area contributed by atoms with Crippen molar-refractivity contribution in [1.29, 1.82) is 0 Å². The fourth-order valence-electron chi connectivity index (χ4n) is 3.51. The first kappa shape index (κ1) is 25.3. The van der Waals surface area contributed by atoms with Gasteiger partial charge in [0, 0.05) is 27.8 Å². The Morgan fingerprint density at radius 2 is 1.63 bits per heavy atom. The highest BCUT2D eigenvalue weighted by molar-refractivity contribution is 7.99. The molecule has 5 nitrogen and oxygen atoms in total. The fourth-order valence-corrected chi connectivity index (χ4v) is 4.62. The van der Waals surface area contributed by atoms with Gasteiger partial charge in [-0.1, -0.05) is 98.2 Å². The molecule has 1 aromatic heterocycles. The molecule has 0 fully saturated rings. The van der Waals surface area contributed by atoms with Crippen LogP contribution in [-0.2, 0) is 16.8 Å². The molecule has 0 spiro atoms. The third-order valence-corrected chi connectivity index (χ3v) is 7.04. The van der Waals surface area contributed by atoms with Gasteiger partial charge in [-0.3, -0.25) is 9.36 Å². The number of hydrogen-bond acceptors (Lipinski definition) is 4. The van der Waals surface area contributed by atoms with Crippen LogP contribution in [0.2, 0.25) is 10.0 Å². The minimum Gasteiger partial charge on any atom is -0.351 e. The van der Waals surface area contributed by atoms with Crippen LogP contribution in [0.15, 0.2) is 78.0 Å². The van der Waals surface area contributed by atoms with Crippen molar-refractivity contribution < 1.29 is 4.79 Å². The molecule has 8 heteroatoms. The van der Waals surface area contributed by atoms with Gasteiger partial charge in [0.1, 0.15) is 0 Å². The molecule has 35 heavy (non-hydrogen) atoms. The predicted octanol–water partition coefficient (Wildman–Crippen LogP) is 6.95. The van der Waals surface area contributed by atoms with Crippen LogP contribution in [0.25, 0.3) is 17.1 Å². The molecule has 3 aromatic carbocycles. The predicted molar refractivity (Wildman–Crippen MR) is 145 cm³/mol. The van der Waals surface area contributed by atoms with Crippen LogP contribution in [0.3, 0.4) is 0 Å². The van der Waals surface area contributed by atoms with Crippen molar-refractivity contribution in [3.63, 3.8) is 0 Å². The van der Waals surface area contributed by atoms with E-state index in [4.69, 9.17) is 23.2 Å². The van der Waals surface area contributed by atoms with Gasteiger partial charge < -0.3 is 5.32 Å². The first-order valence-corrected chi connectivity index (χ1v) is 12.9. The average molecular weight is 526 g/mol. The third kappa shape index (κ3) is 6.26. The number of carbonyl (C=O) groups excluding carboxylic acids is 1. The van der Waals surface area contributed by atoms with Crippen LogP contribution in [0.4, 0.5) is 0 Å². The van der Waals surface area contributed by atoms with Gasteiger partial charge in [0.05, 0.1) is 5.75 Å². The van der Waals surface area contributed by atoms with Crippen LogP contribution in [0.5, 0.6) is 0 Å². The van der Waals surface area contributed by atoms with Crippen molar-refractivity contribution >= 4 is 40.9 Å². The fraction of sp³-hybridized carbons (Fsp3) is 0.222. The first-order chi connectivity index (χ1) is 16.7. The Morgan fingerprint density at radius 1 is 0.943 bits per heavy atom. The van der Waals surface area contributed by atoms with Gasteiger partial charge >= 0.3 is 0 Å². The Kier molecular flexibility index (Phi) is 7.85. The first-order valence-electron chi connectivity index (χ1n) is 11.2. The van der Waals surface area contributed by atoms with E-state index >= 15 is 0 Å². The summed E-state index contributed by atoms with van der Waals surface area (Å²) < 4.78 is 1.95. The zero-order valence-corrected chi connectivity index (χ0v) is 22.1. The molecule has 0 saturated heterocycles. The second-order valence-corrected chi connectivity index (χ2v) is 10.9. The quantitative estimate of drug-likeness (QED) is 0.266. The van der Waals surface area contributed by atoms with Crippen LogP contribution in [0.1, 0.15) is 31.9 Å². The zero-order valence-electron chi connectivity index (χ0n) is 19.8. The molecule has 180 valence electrons. The van der Waals surface area contributed by atoms with Crippen molar-refractivity contribution in [1.82, 2.24) is 20.1 Å². The maximum atomic E-state index is 12.6. The molecular weight excluding hydrogens is 499 g/mol. The maximum Gasteiger partial charge on any atom is 0.230 e. The van der Waals surface area contributed by atoms with E-state index in [0.717, 1.165) is 16.8 Å². The molecule has 0 bridgehead atoms. The third-order valence-electron chi connectivity index (χ3n) is 5.49. The topological polar surface area (TPSA) is 59.8 Å². The molecule has 4 rings (SSSR count). The summed E-state index contributed by atoms with van der Waals surface area (Å²) in [4.78, 5) is 12.6. The van der Waals surface area contributed by atoms with E-state index < -0.39 is 0 Å². The number of nitrogens with zero attached hydrogens (tertiary/aromatic N) is 3. The van der Waals surface area contributed by atoms with E-state index in [0.29, 0.717) is 27.6 Å². The summed E-state index contributed by atoms with van der Waals surface area (Å²) in [6.07, 6.45) is 0. The lowest BCUT2D eigenvalue weighted by Crippen LogP contribution is -2.24. The normalized spacial score (nSPS) is 11.5. The van der Waals surface area contributed by atoms with Crippen molar-refractivity contribution in [2.24, 2.45) is 0 Å². The zero-order chi connectivity index (χ0) is 25.0. The van der Waals surface area contributed by atoms with Gasteiger partial charge in [-0.25, -0.2) is 0 Å². The Bertz CT molecular complexity index is 1310. The summed E-state index contributed by atoms with van der Waals surface area (Å²) in [5.41, 5.74) is 3.98. The van der Waals surface area contributed by atoms with E-state index in [1.165, 1.54) is 17.3 Å². The summed E-state index contributed by atoms with van der Waals surface area (Å²) >= 11 is 13.6. The van der Waals surface area contributed by atoms with E-state index in [2.05, 4.69) is 60.6 Å². The smallest absolute Gasteiger partial charge is 0.230 e. The van der Waals surface area contributed by atoms with E-state index in [-0.39, 0.29) is 17.1 Å². The second-order valence-electron chi connectivity index (χ2n) is 9.10. The molecule has 0 atom stereocenters. The van der Waals surface area contributed by atoms with Gasteiger partial charge in [0.15, 0.2) is 11.0 Å². The SMILES string of the molecule is CC(C)(C)c1ccc(-c2nnc(SCC(=O)NCc3ccccc3Cl)n2-c2ccc(Cl)cc2)cc1. The monoisotopic (exact) mass is 524 g/mol. The van der Waals surface area contributed by atoms with Crippen molar-refractivity contribution in [3.05, 3.63) is 94.0 Å². The Morgan fingerprint density at radius 3 is 2.29 bits per heavy atom. The number of halogens is 2. The molecule has 0 radical (unpaired) electrons. The van der Waals surface area contributed by atoms with E-state index in [9.17, 15) is 4.79 Å². The number of benzene rings is 3. The minimum atomic E-state index is -0.114. The Balaban J connectivity index is 1.56. The lowest BCUT2D eigenvalue weighted by molar-refractivity contribution is -0.118. The van der Waals surface area contributed by atoms with Crippen LogP contribution in [0, 0.1) is 0 Å². The summed E-state index contributed by atoms with van der Waals surface area (Å²) in [5.74, 6) is 0.780. The van der Waals surface area contributed by atoms with Gasteiger partial charge in [-0.05, 0) is 46.9 Å². The Hall–Kier alpha value is -2.80. The molecular formula is C27H26Cl2N4OS. The number of thioether (sulfide) groups is 1. The molecule has 0 aliphatic carbocycles. The summed E-state index contributed by atoms with van der Waals surface area (Å²) in [6.45, 7) is 6.92. The molecule has 1 amide bonds. The number of hydrogen-bond donors (Lipinski definition) is 1. The highest BCUT2D eigenvalue weighted by atomic mass is 35.5. The summed E-state index contributed by atoms with van der Waals surface area (Å²) in [7, 11) is 0. The van der Waals surface area contributed by atoms with Gasteiger partial charge in [0.25, 0.3) is 0 Å². The molecule has 1 N–H and O–H groups in total. The molecule has 1 heterocycles. The van der Waals surface area contributed by atoms with Gasteiger partial charge in [0.2, 0.25) is 5.91 Å². The average Bonchev–Trinajstić information content (AvgIpc) is 3.26. The van der Waals surface area contributed by atoms with Crippen LogP contribution >= 0.6 is 35.0 Å². The largest absolute Gasteiger partial charge is 0.351 e. The highest BCUT2D eigenvalue weighted by Gasteiger charge is 2.19. The minimum absolute atomic E-state index is 0.0563. The van der Waals surface area contributed by atoms with Crippen LogP contribution in [-0.4, -0.2) is 26.4 Å². The lowest BCUT2D eigenvalue weighted by atomic mass is 9.87. The number of amides is 1. The number of nitrogens with one attached hydrogen (secondary N) is 1. The summed E-state index contributed by atoms with van der Waals surface area (Å²) in [6, 6.07) is 23.3. The highest BCUT2D eigenvalue weighted by Crippen LogP contribution is 2.30. The van der Waals surface area contributed by atoms with Crippen molar-refractivity contribution in [3.8, 4) is 17.1 Å². The molecule has 4 aromatic rings. The van der Waals surface area contributed by atoms with Crippen molar-refractivity contribution in [2.45, 2.75) is 37.9 Å². The molecule has 0 aliphatic rings. The van der Waals surface area contributed by atoms with Gasteiger partial charge in [-0.15, -0.1) is 10.2 Å². The maximum absolute atomic E-state index is 12.6. The molecule has 0 saturated carbocycles. The summed E-state index contributed by atoms with van der Waals surface area (Å²) in [5, 5.41) is 13.7. The van der Waals surface area contributed by atoms with E-state index in [1.807, 2.05) is 53.1 Å². The van der Waals surface area contributed by atoms with Crippen molar-refractivity contribution in [2.75, 3.05) is 5.75 Å². The van der Waals surface area contributed by atoms with E-state index in [1.54, 1.807) is 0 Å². The number of rotatable bonds is 7. The number of carbonyl (C=O) groups is 1. The molecule has 0 aliphatic heterocycles. The molecule has 0 unspecified atom stereocenters. The Labute approximate surface area is 219 Å².